The van der Waals surface area contributed by atoms with Crippen LogP contribution in [-0.4, -0.2) is 21.1 Å². The molecule has 3 rings (SSSR count). The zero-order valence-electron chi connectivity index (χ0n) is 13.4. The molecule has 23 heavy (non-hydrogen) atoms. The first-order valence-electron chi connectivity index (χ1n) is 7.59. The molecule has 0 aliphatic rings. The van der Waals surface area contributed by atoms with E-state index in [0.29, 0.717) is 6.61 Å². The molecular formula is C19H20N2O2. The number of fused-ring (bicyclic) bond motifs is 1. The molecule has 0 amide bonds. The number of imidazole rings is 1. The number of benzene rings is 1. The van der Waals surface area contributed by atoms with Crippen LogP contribution in [0.15, 0.2) is 60.8 Å². The van der Waals surface area contributed by atoms with E-state index in [1.165, 1.54) is 0 Å². The normalized spacial score (nSPS) is 12.3. The molecule has 2 heterocycles. The summed E-state index contributed by atoms with van der Waals surface area (Å²) in [5.41, 5.74) is 4.33. The summed E-state index contributed by atoms with van der Waals surface area (Å²) in [6.07, 6.45) is 1.31. The van der Waals surface area contributed by atoms with E-state index in [0.717, 1.165) is 33.9 Å². The zero-order chi connectivity index (χ0) is 16.4. The number of pyridine rings is 1. The third-order valence-corrected chi connectivity index (χ3v) is 3.58. The van der Waals surface area contributed by atoms with E-state index in [2.05, 4.69) is 11.6 Å². The van der Waals surface area contributed by atoms with Crippen molar-refractivity contribution in [3.8, 4) is 17.0 Å². The van der Waals surface area contributed by atoms with E-state index < -0.39 is 6.10 Å². The molecule has 4 nitrogen and oxygen atoms in total. The van der Waals surface area contributed by atoms with Crippen LogP contribution in [0.1, 0.15) is 25.6 Å². The molecule has 1 N–H and O–H groups in total. The smallest absolute Gasteiger partial charge is 0.137 e. The highest BCUT2D eigenvalue weighted by Gasteiger charge is 2.17. The van der Waals surface area contributed by atoms with Crippen molar-refractivity contribution in [1.29, 1.82) is 0 Å². The van der Waals surface area contributed by atoms with Gasteiger partial charge in [-0.15, -0.1) is 0 Å². The summed E-state index contributed by atoms with van der Waals surface area (Å²) in [6.45, 7) is 8.02. The van der Waals surface area contributed by atoms with Crippen LogP contribution >= 0.6 is 0 Å². The lowest BCUT2D eigenvalue weighted by atomic mass is 10.1. The third-order valence-electron chi connectivity index (χ3n) is 3.58. The van der Waals surface area contributed by atoms with E-state index in [1.807, 2.05) is 60.0 Å². The number of rotatable bonds is 5. The van der Waals surface area contributed by atoms with Crippen molar-refractivity contribution >= 4 is 5.65 Å². The van der Waals surface area contributed by atoms with Gasteiger partial charge in [-0.3, -0.25) is 0 Å². The number of hydrogen-bond donors (Lipinski definition) is 1. The van der Waals surface area contributed by atoms with Crippen LogP contribution in [0.2, 0.25) is 0 Å². The Bertz CT molecular complexity index is 832. The standard InChI is InChI=1S/C19H20N2O2/c1-13(2)12-23-16-9-7-15(8-10-16)18-19(14(3)22)21-11-5-4-6-17(21)20-18/h4-11,14,22H,1,12H2,2-3H3. The van der Waals surface area contributed by atoms with E-state index in [-0.39, 0.29) is 0 Å². The lowest BCUT2D eigenvalue weighted by Gasteiger charge is -2.09. The maximum absolute atomic E-state index is 10.2. The minimum Gasteiger partial charge on any atom is -0.489 e. The van der Waals surface area contributed by atoms with Gasteiger partial charge in [0.05, 0.1) is 17.5 Å². The summed E-state index contributed by atoms with van der Waals surface area (Å²) in [5, 5.41) is 10.2. The number of nitrogens with zero attached hydrogens (tertiary/aromatic N) is 2. The fourth-order valence-corrected chi connectivity index (χ4v) is 2.54. The van der Waals surface area contributed by atoms with Gasteiger partial charge in [0, 0.05) is 11.8 Å². The second-order valence-corrected chi connectivity index (χ2v) is 5.72. The van der Waals surface area contributed by atoms with Gasteiger partial charge < -0.3 is 14.2 Å². The molecule has 0 aliphatic carbocycles. The summed E-state index contributed by atoms with van der Waals surface area (Å²) in [7, 11) is 0. The van der Waals surface area contributed by atoms with Crippen LogP contribution in [0, 0.1) is 0 Å². The number of aromatic nitrogens is 2. The van der Waals surface area contributed by atoms with Crippen molar-refractivity contribution < 1.29 is 9.84 Å². The Morgan fingerprint density at radius 2 is 2.00 bits per heavy atom. The molecule has 118 valence electrons. The minimum absolute atomic E-state index is 0.507. The first-order valence-corrected chi connectivity index (χ1v) is 7.59. The molecular weight excluding hydrogens is 288 g/mol. The maximum atomic E-state index is 10.2. The van der Waals surface area contributed by atoms with Gasteiger partial charge in [-0.1, -0.05) is 12.6 Å². The topological polar surface area (TPSA) is 46.8 Å². The van der Waals surface area contributed by atoms with Crippen LogP contribution in [0.25, 0.3) is 16.9 Å². The molecule has 4 heteroatoms. The Morgan fingerprint density at radius 3 is 2.65 bits per heavy atom. The van der Waals surface area contributed by atoms with Crippen molar-refractivity contribution in [3.63, 3.8) is 0 Å². The van der Waals surface area contributed by atoms with Crippen LogP contribution < -0.4 is 4.74 Å². The Hall–Kier alpha value is -2.59. The quantitative estimate of drug-likeness (QED) is 0.724. The molecule has 0 saturated carbocycles. The van der Waals surface area contributed by atoms with Crippen LogP contribution in [0.4, 0.5) is 0 Å². The SMILES string of the molecule is C=C(C)COc1ccc(-c2nc3ccccn3c2C(C)O)cc1. The third kappa shape index (κ3) is 3.12. The predicted molar refractivity (Wildman–Crippen MR) is 91.6 cm³/mol. The minimum atomic E-state index is -0.609. The Morgan fingerprint density at radius 1 is 1.26 bits per heavy atom. The Balaban J connectivity index is 1.99. The van der Waals surface area contributed by atoms with E-state index in [1.54, 1.807) is 6.92 Å². The van der Waals surface area contributed by atoms with Gasteiger partial charge in [0.25, 0.3) is 0 Å². The van der Waals surface area contributed by atoms with Crippen molar-refractivity contribution in [2.24, 2.45) is 0 Å². The van der Waals surface area contributed by atoms with Gasteiger partial charge in [-0.2, -0.15) is 0 Å². The van der Waals surface area contributed by atoms with E-state index in [9.17, 15) is 5.11 Å². The molecule has 1 aromatic carbocycles. The van der Waals surface area contributed by atoms with Crippen LogP contribution in [0.3, 0.4) is 0 Å². The average Bonchev–Trinajstić information content (AvgIpc) is 2.93. The largest absolute Gasteiger partial charge is 0.489 e. The molecule has 0 radical (unpaired) electrons. The summed E-state index contributed by atoms with van der Waals surface area (Å²) in [5.74, 6) is 0.791. The number of aliphatic hydroxyl groups excluding tert-OH is 1. The van der Waals surface area contributed by atoms with Crippen molar-refractivity contribution in [2.75, 3.05) is 6.61 Å². The molecule has 1 atom stereocenters. The van der Waals surface area contributed by atoms with Gasteiger partial charge >= 0.3 is 0 Å². The first kappa shape index (κ1) is 15.3. The van der Waals surface area contributed by atoms with Gasteiger partial charge in [-0.05, 0) is 55.8 Å². The summed E-state index contributed by atoms with van der Waals surface area (Å²) in [6, 6.07) is 13.5. The van der Waals surface area contributed by atoms with E-state index in [4.69, 9.17) is 4.74 Å². The molecule has 0 saturated heterocycles. The van der Waals surface area contributed by atoms with Crippen molar-refractivity contribution in [2.45, 2.75) is 20.0 Å². The first-order chi connectivity index (χ1) is 11.1. The molecule has 1 unspecified atom stereocenters. The van der Waals surface area contributed by atoms with Crippen LogP contribution in [0.5, 0.6) is 5.75 Å². The Kier molecular flexibility index (Phi) is 4.17. The number of ether oxygens (including phenoxy) is 1. The van der Waals surface area contributed by atoms with Crippen molar-refractivity contribution in [1.82, 2.24) is 9.38 Å². The highest BCUT2D eigenvalue weighted by Crippen LogP contribution is 2.30. The highest BCUT2D eigenvalue weighted by atomic mass is 16.5. The zero-order valence-corrected chi connectivity index (χ0v) is 13.4. The van der Waals surface area contributed by atoms with Crippen molar-refractivity contribution in [3.05, 3.63) is 66.5 Å². The molecule has 0 fully saturated rings. The summed E-state index contributed by atoms with van der Waals surface area (Å²) in [4.78, 5) is 4.66. The number of aliphatic hydroxyl groups is 1. The highest BCUT2D eigenvalue weighted by molar-refractivity contribution is 5.67. The summed E-state index contributed by atoms with van der Waals surface area (Å²) >= 11 is 0. The maximum Gasteiger partial charge on any atom is 0.137 e. The lowest BCUT2D eigenvalue weighted by molar-refractivity contribution is 0.194. The Labute approximate surface area is 135 Å². The van der Waals surface area contributed by atoms with Gasteiger partial charge in [-0.25, -0.2) is 4.98 Å². The molecule has 0 aliphatic heterocycles. The average molecular weight is 308 g/mol. The van der Waals surface area contributed by atoms with Gasteiger partial charge in [0.1, 0.15) is 18.0 Å². The molecule has 3 aromatic rings. The molecule has 0 bridgehead atoms. The number of hydrogen-bond acceptors (Lipinski definition) is 3. The molecule has 2 aromatic heterocycles. The van der Waals surface area contributed by atoms with Gasteiger partial charge in [0.2, 0.25) is 0 Å². The second kappa shape index (κ2) is 6.26. The fraction of sp³-hybridized carbons (Fsp3) is 0.211. The predicted octanol–water partition coefficient (Wildman–Crippen LogP) is 4.01. The lowest BCUT2D eigenvalue weighted by Crippen LogP contribution is -1.99. The van der Waals surface area contributed by atoms with E-state index >= 15 is 0 Å². The second-order valence-electron chi connectivity index (χ2n) is 5.72. The molecule has 0 spiro atoms. The van der Waals surface area contributed by atoms with Crippen LogP contribution in [-0.2, 0) is 0 Å². The summed E-state index contributed by atoms with van der Waals surface area (Å²) < 4.78 is 7.54. The van der Waals surface area contributed by atoms with Gasteiger partial charge in [0.15, 0.2) is 0 Å². The monoisotopic (exact) mass is 308 g/mol. The fourth-order valence-electron chi connectivity index (χ4n) is 2.54.